The average molecular weight is 692 g/mol. The number of carbonyl (C=O) groups excluding carboxylic acids is 2. The van der Waals surface area contributed by atoms with Crippen LogP contribution in [0.25, 0.3) is 0 Å². The average Bonchev–Trinajstić information content (AvgIpc) is 3.02. The van der Waals surface area contributed by atoms with Gasteiger partial charge in [0.1, 0.15) is 6.61 Å². The predicted molar refractivity (Wildman–Crippen MR) is 192 cm³/mol. The monoisotopic (exact) mass is 692 g/mol. The van der Waals surface area contributed by atoms with Crippen LogP contribution in [0.2, 0.25) is 0 Å². The Balaban J connectivity index is 0. The molecule has 0 aliphatic rings. The molecule has 280 valence electrons. The Bertz CT molecular complexity index is 773. The zero-order chi connectivity index (χ0) is 34.0. The largest absolute Gasteiger partial charge is 0.756 e. The smallest absolute Gasteiger partial charge is 0.306 e. The summed E-state index contributed by atoms with van der Waals surface area (Å²) in [4.78, 5) is 44.5. The van der Waals surface area contributed by atoms with E-state index in [-0.39, 0.29) is 25.6 Å². The van der Waals surface area contributed by atoms with Crippen LogP contribution in [0.4, 0.5) is 0 Å². The van der Waals surface area contributed by atoms with Gasteiger partial charge in [-0.1, -0.05) is 154 Å². The molecule has 47 heavy (non-hydrogen) atoms. The summed E-state index contributed by atoms with van der Waals surface area (Å²) in [6, 6.07) is 0. The van der Waals surface area contributed by atoms with Gasteiger partial charge in [-0.2, -0.15) is 0 Å². The van der Waals surface area contributed by atoms with Crippen LogP contribution in [-0.2, 0) is 28.2 Å². The number of quaternary nitrogens is 1. The Morgan fingerprint density at radius 1 is 0.596 bits per heavy atom. The number of carbonyl (C=O) groups is 2. The second kappa shape index (κ2) is 36.0. The molecule has 1 unspecified atom stereocenters. The maximum atomic E-state index is 12.3. The highest BCUT2D eigenvalue weighted by Gasteiger charge is 2.19. The molecule has 9 nitrogen and oxygen atoms in total. The van der Waals surface area contributed by atoms with Crippen molar-refractivity contribution >= 4 is 19.8 Å². The molecule has 0 rings (SSSR count). The number of phosphoric acid groups is 1. The summed E-state index contributed by atoms with van der Waals surface area (Å²) >= 11 is 0. The number of ether oxygens (including phenoxy) is 2. The van der Waals surface area contributed by atoms with E-state index < -0.39 is 32.5 Å². The van der Waals surface area contributed by atoms with E-state index in [1.807, 2.05) is 0 Å². The van der Waals surface area contributed by atoms with Crippen LogP contribution in [0.15, 0.2) is 12.2 Å². The molecule has 10 heteroatoms. The SMILES string of the molecule is CCCCCCCC/C=C\CCCCCCCC(=O)O[C@H](COC(=O)CCCCCCCCCCCCCCC)COP(=O)([O-])O.[NH4+]. The third-order valence-electron chi connectivity index (χ3n) is 8.28. The zero-order valence-electron chi connectivity index (χ0n) is 30.7. The number of esters is 2. The van der Waals surface area contributed by atoms with Gasteiger partial charge in [0.15, 0.2) is 6.10 Å². The number of hydrogen-bond donors (Lipinski definition) is 2. The third kappa shape index (κ3) is 39.1. The molecule has 0 heterocycles. The van der Waals surface area contributed by atoms with Crippen LogP contribution in [0, 0.1) is 0 Å². The van der Waals surface area contributed by atoms with E-state index in [2.05, 4.69) is 30.5 Å². The molecule has 0 aromatic heterocycles. The Hall–Kier alpha value is -1.25. The standard InChI is InChI=1S/C37H71O8P.H3N/c1-3-5-7-9-11-13-15-17-18-20-22-24-26-28-30-32-37(39)45-35(34-44-46(40,41)42)33-43-36(38)31-29-27-25-23-21-19-16-14-12-10-8-6-4-2;/h17-18,35H,3-16,19-34H2,1-2H3,(H2,40,41,42);1H3/b18-17-;/t35-;/m1./s1. The highest BCUT2D eigenvalue weighted by molar-refractivity contribution is 7.44. The second-order valence-corrected chi connectivity index (χ2v) is 14.1. The molecule has 0 aromatic carbocycles. The quantitative estimate of drug-likeness (QED) is 0.0287. The number of rotatable bonds is 35. The molecular formula is C37H74NO8P. The Labute approximate surface area is 288 Å². The third-order valence-corrected chi connectivity index (χ3v) is 8.75. The first-order valence-corrected chi connectivity index (χ1v) is 20.5. The van der Waals surface area contributed by atoms with Gasteiger partial charge in [-0.05, 0) is 38.5 Å². The Morgan fingerprint density at radius 3 is 1.36 bits per heavy atom. The lowest BCUT2D eigenvalue weighted by atomic mass is 10.0. The lowest BCUT2D eigenvalue weighted by Gasteiger charge is -2.21. The number of phosphoric ester groups is 1. The van der Waals surface area contributed by atoms with Crippen LogP contribution in [0.3, 0.4) is 0 Å². The van der Waals surface area contributed by atoms with E-state index in [0.717, 1.165) is 51.4 Å². The maximum Gasteiger partial charge on any atom is 0.306 e. The van der Waals surface area contributed by atoms with Crippen molar-refractivity contribution in [3.8, 4) is 0 Å². The molecule has 0 saturated heterocycles. The lowest BCUT2D eigenvalue weighted by Crippen LogP contribution is -2.30. The summed E-state index contributed by atoms with van der Waals surface area (Å²) < 4.78 is 26.0. The van der Waals surface area contributed by atoms with Crippen LogP contribution < -0.4 is 11.0 Å². The van der Waals surface area contributed by atoms with Crippen LogP contribution >= 0.6 is 7.82 Å². The minimum Gasteiger partial charge on any atom is -0.756 e. The number of allylic oxidation sites excluding steroid dienone is 2. The fraction of sp³-hybridized carbons (Fsp3) is 0.892. The lowest BCUT2D eigenvalue weighted by molar-refractivity contribution is -0.223. The van der Waals surface area contributed by atoms with E-state index in [9.17, 15) is 19.0 Å². The van der Waals surface area contributed by atoms with E-state index in [1.165, 1.54) is 109 Å². The summed E-state index contributed by atoms with van der Waals surface area (Å²) in [5.41, 5.74) is 0. The molecular weight excluding hydrogens is 617 g/mol. The summed E-state index contributed by atoms with van der Waals surface area (Å²) in [5.74, 6) is -0.923. The van der Waals surface area contributed by atoms with E-state index in [0.29, 0.717) is 6.42 Å². The van der Waals surface area contributed by atoms with Crippen molar-refractivity contribution in [1.29, 1.82) is 0 Å². The molecule has 0 spiro atoms. The van der Waals surface area contributed by atoms with Gasteiger partial charge in [0.25, 0.3) is 7.82 Å². The second-order valence-electron chi connectivity index (χ2n) is 12.9. The van der Waals surface area contributed by atoms with Crippen LogP contribution in [-0.4, -0.2) is 36.1 Å². The molecule has 5 N–H and O–H groups in total. The van der Waals surface area contributed by atoms with Crippen molar-refractivity contribution in [3.05, 3.63) is 12.2 Å². The molecule has 0 aliphatic carbocycles. The van der Waals surface area contributed by atoms with Gasteiger partial charge < -0.3 is 29.9 Å². The molecule has 0 amide bonds. The van der Waals surface area contributed by atoms with Crippen molar-refractivity contribution < 1.29 is 37.9 Å². The van der Waals surface area contributed by atoms with E-state index in [4.69, 9.17) is 14.4 Å². The first-order chi connectivity index (χ1) is 22.3. The van der Waals surface area contributed by atoms with E-state index in [1.54, 1.807) is 0 Å². The van der Waals surface area contributed by atoms with Crippen molar-refractivity contribution in [2.45, 2.75) is 200 Å². The Morgan fingerprint density at radius 2 is 0.957 bits per heavy atom. The molecule has 0 aliphatic heterocycles. The Kier molecular flexibility index (Phi) is 36.7. The van der Waals surface area contributed by atoms with Crippen molar-refractivity contribution in [3.63, 3.8) is 0 Å². The summed E-state index contributed by atoms with van der Waals surface area (Å²) in [5, 5.41) is 0. The summed E-state index contributed by atoms with van der Waals surface area (Å²) in [6.45, 7) is 3.58. The van der Waals surface area contributed by atoms with Crippen molar-refractivity contribution in [2.24, 2.45) is 0 Å². The fourth-order valence-electron chi connectivity index (χ4n) is 5.42. The van der Waals surface area contributed by atoms with Crippen LogP contribution in [0.5, 0.6) is 0 Å². The number of unbranched alkanes of at least 4 members (excludes halogenated alkanes) is 23. The molecule has 0 aromatic rings. The summed E-state index contributed by atoms with van der Waals surface area (Å²) in [6.07, 6.45) is 34.8. The fourth-order valence-corrected chi connectivity index (χ4v) is 5.78. The molecule has 0 radical (unpaired) electrons. The van der Waals surface area contributed by atoms with Gasteiger partial charge in [-0.15, -0.1) is 0 Å². The van der Waals surface area contributed by atoms with Gasteiger partial charge >= 0.3 is 11.9 Å². The normalized spacial score (nSPS) is 13.3. The highest BCUT2D eigenvalue weighted by Crippen LogP contribution is 2.30. The minimum absolute atomic E-state index is 0. The van der Waals surface area contributed by atoms with E-state index >= 15 is 0 Å². The topological polar surface area (TPSA) is 159 Å². The van der Waals surface area contributed by atoms with Crippen LogP contribution in [0.1, 0.15) is 194 Å². The predicted octanol–water partition coefficient (Wildman–Crippen LogP) is 10.8. The number of hydrogen-bond acceptors (Lipinski definition) is 7. The van der Waals surface area contributed by atoms with Gasteiger partial charge in [0.05, 0.1) is 6.61 Å². The van der Waals surface area contributed by atoms with Gasteiger partial charge in [-0.3, -0.25) is 14.2 Å². The minimum atomic E-state index is -4.99. The first kappa shape index (κ1) is 47.9. The van der Waals surface area contributed by atoms with Gasteiger partial charge in [0, 0.05) is 12.8 Å². The van der Waals surface area contributed by atoms with Gasteiger partial charge in [-0.25, -0.2) is 0 Å². The van der Waals surface area contributed by atoms with Crippen molar-refractivity contribution in [1.82, 2.24) is 6.15 Å². The first-order valence-electron chi connectivity index (χ1n) is 19.0. The molecule has 0 fully saturated rings. The molecule has 0 bridgehead atoms. The zero-order valence-corrected chi connectivity index (χ0v) is 31.6. The molecule has 2 atom stereocenters. The maximum absolute atomic E-state index is 12.3. The highest BCUT2D eigenvalue weighted by atomic mass is 31.2. The van der Waals surface area contributed by atoms with Crippen molar-refractivity contribution in [2.75, 3.05) is 13.2 Å². The van der Waals surface area contributed by atoms with Gasteiger partial charge in [0.2, 0.25) is 0 Å². The summed E-state index contributed by atoms with van der Waals surface area (Å²) in [7, 11) is -4.99. The molecule has 0 saturated carbocycles.